The van der Waals surface area contributed by atoms with Gasteiger partial charge in [-0.15, -0.1) is 0 Å². The Balaban J connectivity index is 1.64. The number of H-pyrrole nitrogens is 1. The highest BCUT2D eigenvalue weighted by Crippen LogP contribution is 2.32. The Kier molecular flexibility index (Phi) is 6.80. The number of aliphatic hydroxyl groups excluding tert-OH is 1. The highest BCUT2D eigenvalue weighted by atomic mass is 32.2. The Morgan fingerprint density at radius 3 is 2.62 bits per heavy atom. The van der Waals surface area contributed by atoms with Crippen molar-refractivity contribution in [1.29, 1.82) is 0 Å². The Morgan fingerprint density at radius 2 is 1.97 bits per heavy atom. The standard InChI is InChI=1S/C22H23FN4O6S/c1-13(8-23)32-16-5-14(18-3-4-19(27-18)22-26-15(11-28)12-31-22)6-17(7-16)33-20-9-25-21(10-24-20)34(2,29)30/h3-7,9-10,13,15,27-28H,8,11-12H2,1-2H3/t13-,15?/m0/s1. The van der Waals surface area contributed by atoms with E-state index in [9.17, 15) is 17.9 Å². The summed E-state index contributed by atoms with van der Waals surface area (Å²) in [6, 6.07) is 8.32. The first-order chi connectivity index (χ1) is 16.2. The molecule has 3 aromatic rings. The summed E-state index contributed by atoms with van der Waals surface area (Å²) >= 11 is 0. The van der Waals surface area contributed by atoms with Crippen molar-refractivity contribution in [1.82, 2.24) is 15.0 Å². The van der Waals surface area contributed by atoms with Gasteiger partial charge in [0.05, 0.1) is 19.0 Å². The molecule has 0 aliphatic carbocycles. The molecule has 0 amide bonds. The fourth-order valence-corrected chi connectivity index (χ4v) is 3.62. The van der Waals surface area contributed by atoms with Gasteiger partial charge in [0.1, 0.15) is 42.6 Å². The van der Waals surface area contributed by atoms with Crippen LogP contribution in [0, 0.1) is 0 Å². The molecule has 4 rings (SSSR count). The highest BCUT2D eigenvalue weighted by Gasteiger charge is 2.21. The molecule has 2 N–H and O–H groups in total. The van der Waals surface area contributed by atoms with Crippen LogP contribution in [0.1, 0.15) is 12.6 Å². The van der Waals surface area contributed by atoms with Crippen molar-refractivity contribution in [2.24, 2.45) is 4.99 Å². The average Bonchev–Trinajstić information content (AvgIpc) is 3.48. The summed E-state index contributed by atoms with van der Waals surface area (Å²) in [5.74, 6) is 1.17. The monoisotopic (exact) mass is 490 g/mol. The van der Waals surface area contributed by atoms with Gasteiger partial charge in [-0.3, -0.25) is 0 Å². The predicted octanol–water partition coefficient (Wildman–Crippen LogP) is 2.54. The van der Waals surface area contributed by atoms with Gasteiger partial charge in [0.15, 0.2) is 14.9 Å². The molecule has 180 valence electrons. The van der Waals surface area contributed by atoms with E-state index in [-0.39, 0.29) is 23.6 Å². The van der Waals surface area contributed by atoms with Crippen LogP contribution in [-0.2, 0) is 14.6 Å². The minimum Gasteiger partial charge on any atom is -0.488 e. The van der Waals surface area contributed by atoms with E-state index in [0.29, 0.717) is 41.0 Å². The van der Waals surface area contributed by atoms with Crippen molar-refractivity contribution in [2.75, 3.05) is 26.1 Å². The van der Waals surface area contributed by atoms with Crippen LogP contribution in [0.15, 0.2) is 52.7 Å². The zero-order chi connectivity index (χ0) is 24.3. The lowest BCUT2D eigenvalue weighted by molar-refractivity contribution is 0.182. The highest BCUT2D eigenvalue weighted by molar-refractivity contribution is 7.90. The predicted molar refractivity (Wildman–Crippen MR) is 121 cm³/mol. The number of nitrogens with one attached hydrogen (secondary N) is 1. The molecule has 0 saturated carbocycles. The number of rotatable bonds is 9. The number of sulfone groups is 1. The number of alkyl halides is 1. The van der Waals surface area contributed by atoms with E-state index >= 15 is 0 Å². The maximum Gasteiger partial charge on any atom is 0.237 e. The Bertz CT molecular complexity index is 1290. The lowest BCUT2D eigenvalue weighted by Gasteiger charge is -2.14. The number of hydrogen-bond acceptors (Lipinski definition) is 9. The molecule has 0 fully saturated rings. The maximum atomic E-state index is 13.0. The van der Waals surface area contributed by atoms with Crippen LogP contribution >= 0.6 is 0 Å². The first-order valence-corrected chi connectivity index (χ1v) is 12.2. The van der Waals surface area contributed by atoms with Crippen LogP contribution in [0.3, 0.4) is 0 Å². The summed E-state index contributed by atoms with van der Waals surface area (Å²) in [6.45, 7) is 1.14. The van der Waals surface area contributed by atoms with E-state index in [2.05, 4.69) is 19.9 Å². The number of aliphatic hydroxyl groups is 1. The molecule has 0 radical (unpaired) electrons. The molecule has 2 aromatic heterocycles. The van der Waals surface area contributed by atoms with Crippen molar-refractivity contribution in [2.45, 2.75) is 24.1 Å². The first kappa shape index (κ1) is 23.6. The Morgan fingerprint density at radius 1 is 1.21 bits per heavy atom. The number of halogens is 1. The summed E-state index contributed by atoms with van der Waals surface area (Å²) in [5.41, 5.74) is 2.00. The molecular formula is C22H23FN4O6S. The number of aromatic nitrogens is 3. The molecule has 2 atom stereocenters. The topological polar surface area (TPSA) is 136 Å². The molecule has 10 nitrogen and oxygen atoms in total. The molecule has 3 heterocycles. The minimum atomic E-state index is -3.49. The minimum absolute atomic E-state index is 0.0740. The SMILES string of the molecule is C[C@@H](CF)Oc1cc(Oc2cnc(S(C)(=O)=O)cn2)cc(-c2ccc(C3=NC(CO)CO3)[nH]2)c1. The molecule has 1 aliphatic heterocycles. The number of ether oxygens (including phenoxy) is 3. The largest absolute Gasteiger partial charge is 0.488 e. The van der Waals surface area contributed by atoms with Crippen LogP contribution in [0.2, 0.25) is 0 Å². The van der Waals surface area contributed by atoms with Crippen molar-refractivity contribution >= 4 is 15.7 Å². The van der Waals surface area contributed by atoms with Gasteiger partial charge in [-0.25, -0.2) is 27.8 Å². The third kappa shape index (κ3) is 5.51. The molecule has 1 aliphatic rings. The quantitative estimate of drug-likeness (QED) is 0.467. The number of benzene rings is 1. The van der Waals surface area contributed by atoms with E-state index in [1.54, 1.807) is 31.2 Å². The molecule has 0 bridgehead atoms. The van der Waals surface area contributed by atoms with Crippen molar-refractivity contribution < 1.29 is 32.1 Å². The lowest BCUT2D eigenvalue weighted by atomic mass is 10.1. The molecule has 12 heteroatoms. The molecular weight excluding hydrogens is 467 g/mol. The van der Waals surface area contributed by atoms with E-state index in [1.807, 2.05) is 6.07 Å². The van der Waals surface area contributed by atoms with Gasteiger partial charge < -0.3 is 24.3 Å². The Hall–Kier alpha value is -3.51. The second-order valence-electron chi connectivity index (χ2n) is 7.71. The third-order valence-corrected chi connectivity index (χ3v) is 5.76. The molecule has 1 unspecified atom stereocenters. The second-order valence-corrected chi connectivity index (χ2v) is 9.67. The van der Waals surface area contributed by atoms with E-state index in [4.69, 9.17) is 14.2 Å². The van der Waals surface area contributed by atoms with Crippen LogP contribution in [-0.4, -0.2) is 72.7 Å². The summed E-state index contributed by atoms with van der Waals surface area (Å²) in [5, 5.41) is 9.08. The van der Waals surface area contributed by atoms with E-state index in [1.165, 1.54) is 6.20 Å². The van der Waals surface area contributed by atoms with Gasteiger partial charge in [0, 0.05) is 23.6 Å². The van der Waals surface area contributed by atoms with Gasteiger partial charge in [0.25, 0.3) is 0 Å². The summed E-state index contributed by atoms with van der Waals surface area (Å²) in [4.78, 5) is 15.4. The molecule has 0 saturated heterocycles. The van der Waals surface area contributed by atoms with E-state index in [0.717, 1.165) is 12.5 Å². The van der Waals surface area contributed by atoms with Gasteiger partial charge >= 0.3 is 0 Å². The fraction of sp³-hybridized carbons (Fsp3) is 0.318. The van der Waals surface area contributed by atoms with Crippen LogP contribution in [0.4, 0.5) is 4.39 Å². The fourth-order valence-electron chi connectivity index (χ4n) is 3.13. The smallest absolute Gasteiger partial charge is 0.237 e. The summed E-state index contributed by atoms with van der Waals surface area (Å²) in [6.07, 6.45) is 2.67. The Labute approximate surface area is 195 Å². The van der Waals surface area contributed by atoms with Crippen LogP contribution < -0.4 is 9.47 Å². The number of nitrogens with zero attached hydrogens (tertiary/aromatic N) is 3. The first-order valence-electron chi connectivity index (χ1n) is 10.3. The maximum absolute atomic E-state index is 13.0. The van der Waals surface area contributed by atoms with Gasteiger partial charge in [0.2, 0.25) is 11.8 Å². The summed E-state index contributed by atoms with van der Waals surface area (Å²) < 4.78 is 53.2. The van der Waals surface area contributed by atoms with Gasteiger partial charge in [-0.1, -0.05) is 0 Å². The third-order valence-electron chi connectivity index (χ3n) is 4.79. The number of aliphatic imine (C=N–C) groups is 1. The van der Waals surface area contributed by atoms with Gasteiger partial charge in [-0.05, 0) is 31.2 Å². The number of hydrogen-bond donors (Lipinski definition) is 2. The van der Waals surface area contributed by atoms with Crippen LogP contribution in [0.5, 0.6) is 17.4 Å². The zero-order valence-electron chi connectivity index (χ0n) is 18.4. The average molecular weight is 491 g/mol. The molecule has 0 spiro atoms. The normalized spacial score (nSPS) is 16.6. The molecule has 34 heavy (non-hydrogen) atoms. The van der Waals surface area contributed by atoms with Gasteiger partial charge in [-0.2, -0.15) is 0 Å². The van der Waals surface area contributed by atoms with Crippen molar-refractivity contribution in [3.05, 3.63) is 48.4 Å². The zero-order valence-corrected chi connectivity index (χ0v) is 19.3. The second kappa shape index (κ2) is 9.77. The van der Waals surface area contributed by atoms with Crippen molar-refractivity contribution in [3.63, 3.8) is 0 Å². The number of aromatic amines is 1. The lowest BCUT2D eigenvalue weighted by Crippen LogP contribution is -2.13. The van der Waals surface area contributed by atoms with Crippen LogP contribution in [0.25, 0.3) is 11.3 Å². The van der Waals surface area contributed by atoms with E-state index < -0.39 is 22.6 Å². The van der Waals surface area contributed by atoms with Crippen molar-refractivity contribution in [3.8, 4) is 28.6 Å². The summed E-state index contributed by atoms with van der Waals surface area (Å²) in [7, 11) is -3.49. The molecule has 1 aromatic carbocycles.